The fraction of sp³-hybridized carbons (Fsp3) is 0.500. The van der Waals surface area contributed by atoms with E-state index in [2.05, 4.69) is 26.0 Å². The van der Waals surface area contributed by atoms with Crippen LogP contribution in [-0.2, 0) is 0 Å². The van der Waals surface area contributed by atoms with Crippen molar-refractivity contribution in [3.05, 3.63) is 35.9 Å². The van der Waals surface area contributed by atoms with Gasteiger partial charge in [0.15, 0.2) is 0 Å². The van der Waals surface area contributed by atoms with Gasteiger partial charge in [-0.15, -0.1) is 0 Å². The molecule has 0 radical (unpaired) electrons. The van der Waals surface area contributed by atoms with Crippen LogP contribution >= 0.6 is 0 Å². The third-order valence-electron chi connectivity index (χ3n) is 2.42. The van der Waals surface area contributed by atoms with Gasteiger partial charge in [-0.25, -0.2) is 0 Å². The van der Waals surface area contributed by atoms with Crippen molar-refractivity contribution < 1.29 is 5.11 Å². The lowest BCUT2D eigenvalue weighted by molar-refractivity contribution is 0.140. The zero-order valence-electron chi connectivity index (χ0n) is 8.57. The van der Waals surface area contributed by atoms with Crippen LogP contribution in [0.25, 0.3) is 0 Å². The van der Waals surface area contributed by atoms with Crippen molar-refractivity contribution in [3.8, 4) is 0 Å². The minimum absolute atomic E-state index is 0.251. The zero-order valence-corrected chi connectivity index (χ0v) is 8.57. The Hall–Kier alpha value is -0.820. The summed E-state index contributed by atoms with van der Waals surface area (Å²) < 4.78 is 0. The molecule has 0 unspecified atom stereocenters. The molecule has 13 heavy (non-hydrogen) atoms. The van der Waals surface area contributed by atoms with Gasteiger partial charge in [-0.2, -0.15) is 0 Å². The van der Waals surface area contributed by atoms with Gasteiger partial charge in [0.2, 0.25) is 0 Å². The van der Waals surface area contributed by atoms with E-state index in [-0.39, 0.29) is 12.0 Å². The number of rotatable bonds is 3. The molecule has 0 heterocycles. The van der Waals surface area contributed by atoms with E-state index in [0.717, 1.165) is 0 Å². The average molecular weight is 178 g/mol. The van der Waals surface area contributed by atoms with Crippen molar-refractivity contribution in [2.75, 3.05) is 0 Å². The molecule has 0 spiro atoms. The van der Waals surface area contributed by atoms with Gasteiger partial charge in [0, 0.05) is 5.92 Å². The first-order valence-corrected chi connectivity index (χ1v) is 4.86. The molecule has 0 aliphatic carbocycles. The summed E-state index contributed by atoms with van der Waals surface area (Å²) in [4.78, 5) is 0. The summed E-state index contributed by atoms with van der Waals surface area (Å²) in [5.74, 6) is 0.726. The first-order chi connectivity index (χ1) is 6.13. The van der Waals surface area contributed by atoms with Crippen molar-refractivity contribution >= 4 is 0 Å². The molecule has 1 aromatic rings. The fourth-order valence-corrected chi connectivity index (χ4v) is 1.90. The summed E-state index contributed by atoms with van der Waals surface area (Å²) in [5.41, 5.74) is 1.23. The van der Waals surface area contributed by atoms with Crippen molar-refractivity contribution in [2.24, 2.45) is 5.92 Å². The van der Waals surface area contributed by atoms with E-state index in [0.29, 0.717) is 5.92 Å². The third-order valence-corrected chi connectivity index (χ3v) is 2.42. The molecule has 0 saturated heterocycles. The van der Waals surface area contributed by atoms with Crippen LogP contribution in [-0.4, -0.2) is 11.2 Å². The second-order valence-corrected chi connectivity index (χ2v) is 3.92. The Bertz CT molecular complexity index is 231. The van der Waals surface area contributed by atoms with Crippen LogP contribution in [0, 0.1) is 5.92 Å². The molecule has 1 aromatic carbocycles. The van der Waals surface area contributed by atoms with E-state index in [1.807, 2.05) is 25.1 Å². The van der Waals surface area contributed by atoms with Crippen LogP contribution in [0.4, 0.5) is 0 Å². The standard InChI is InChI=1S/C12H18O/c1-9(2)12(10(3)13)11-7-5-4-6-8-11/h4-10,12-13H,1-3H3/t10-,12+/m0/s1. The lowest BCUT2D eigenvalue weighted by atomic mass is 9.85. The monoisotopic (exact) mass is 178 g/mol. The van der Waals surface area contributed by atoms with Crippen molar-refractivity contribution in [3.63, 3.8) is 0 Å². The average Bonchev–Trinajstić information content (AvgIpc) is 2.04. The lowest BCUT2D eigenvalue weighted by Crippen LogP contribution is -2.19. The molecule has 0 amide bonds. The van der Waals surface area contributed by atoms with E-state index in [4.69, 9.17) is 0 Å². The van der Waals surface area contributed by atoms with Crippen LogP contribution in [0.5, 0.6) is 0 Å². The SMILES string of the molecule is CC(C)[C@@H](c1ccccc1)[C@H](C)O. The topological polar surface area (TPSA) is 20.2 Å². The number of hydrogen-bond donors (Lipinski definition) is 1. The Morgan fingerprint density at radius 2 is 1.54 bits per heavy atom. The van der Waals surface area contributed by atoms with Crippen LogP contribution < -0.4 is 0 Å². The fourth-order valence-electron chi connectivity index (χ4n) is 1.90. The first kappa shape index (κ1) is 10.3. The highest BCUT2D eigenvalue weighted by Gasteiger charge is 2.20. The lowest BCUT2D eigenvalue weighted by Gasteiger charge is -2.24. The number of hydrogen-bond acceptors (Lipinski definition) is 1. The highest BCUT2D eigenvalue weighted by molar-refractivity contribution is 5.20. The minimum Gasteiger partial charge on any atom is -0.393 e. The van der Waals surface area contributed by atoms with Gasteiger partial charge in [0.1, 0.15) is 0 Å². The van der Waals surface area contributed by atoms with Gasteiger partial charge in [-0.3, -0.25) is 0 Å². The van der Waals surface area contributed by atoms with Crippen molar-refractivity contribution in [1.82, 2.24) is 0 Å². The van der Waals surface area contributed by atoms with Crippen LogP contribution in [0.3, 0.4) is 0 Å². The molecular weight excluding hydrogens is 160 g/mol. The summed E-state index contributed by atoms with van der Waals surface area (Å²) >= 11 is 0. The number of benzene rings is 1. The summed E-state index contributed by atoms with van der Waals surface area (Å²) in [6.45, 7) is 6.15. The molecule has 0 aliphatic rings. The summed E-state index contributed by atoms with van der Waals surface area (Å²) in [6.07, 6.45) is -0.276. The summed E-state index contributed by atoms with van der Waals surface area (Å²) in [5, 5.41) is 9.64. The molecular formula is C12H18O. The van der Waals surface area contributed by atoms with Crippen LogP contribution in [0.2, 0.25) is 0 Å². The van der Waals surface area contributed by atoms with Gasteiger partial charge in [0.05, 0.1) is 6.10 Å². The molecule has 72 valence electrons. The van der Waals surface area contributed by atoms with Crippen molar-refractivity contribution in [2.45, 2.75) is 32.8 Å². The maximum absolute atomic E-state index is 9.64. The summed E-state index contributed by atoms with van der Waals surface area (Å²) in [7, 11) is 0. The molecule has 1 nitrogen and oxygen atoms in total. The van der Waals surface area contributed by atoms with Gasteiger partial charge < -0.3 is 5.11 Å². The van der Waals surface area contributed by atoms with E-state index >= 15 is 0 Å². The highest BCUT2D eigenvalue weighted by atomic mass is 16.3. The quantitative estimate of drug-likeness (QED) is 0.754. The Labute approximate surface area is 80.4 Å². The second kappa shape index (κ2) is 4.43. The number of aliphatic hydroxyl groups is 1. The predicted molar refractivity (Wildman–Crippen MR) is 55.7 cm³/mol. The van der Waals surface area contributed by atoms with Crippen LogP contribution in [0.15, 0.2) is 30.3 Å². The van der Waals surface area contributed by atoms with Gasteiger partial charge in [-0.05, 0) is 18.4 Å². The normalized spacial score (nSPS) is 15.8. The van der Waals surface area contributed by atoms with Crippen molar-refractivity contribution in [1.29, 1.82) is 0 Å². The van der Waals surface area contributed by atoms with E-state index in [9.17, 15) is 5.11 Å². The Balaban J connectivity index is 2.89. The third kappa shape index (κ3) is 2.56. The Morgan fingerprint density at radius 3 is 1.92 bits per heavy atom. The van der Waals surface area contributed by atoms with Gasteiger partial charge in [0.25, 0.3) is 0 Å². The summed E-state index contributed by atoms with van der Waals surface area (Å²) in [6, 6.07) is 10.2. The molecule has 0 saturated carbocycles. The van der Waals surface area contributed by atoms with Gasteiger partial charge >= 0.3 is 0 Å². The highest BCUT2D eigenvalue weighted by Crippen LogP contribution is 2.27. The molecule has 0 aliphatic heterocycles. The predicted octanol–water partition coefficient (Wildman–Crippen LogP) is 2.81. The van der Waals surface area contributed by atoms with Crippen LogP contribution in [0.1, 0.15) is 32.3 Å². The number of aliphatic hydroxyl groups excluding tert-OH is 1. The second-order valence-electron chi connectivity index (χ2n) is 3.92. The Morgan fingerprint density at radius 1 is 1.00 bits per heavy atom. The molecule has 1 heteroatoms. The zero-order chi connectivity index (χ0) is 9.84. The van der Waals surface area contributed by atoms with E-state index in [1.54, 1.807) is 0 Å². The smallest absolute Gasteiger partial charge is 0.0583 e. The molecule has 0 aromatic heterocycles. The first-order valence-electron chi connectivity index (χ1n) is 4.86. The largest absolute Gasteiger partial charge is 0.393 e. The molecule has 0 bridgehead atoms. The molecule has 0 fully saturated rings. The van der Waals surface area contributed by atoms with E-state index in [1.165, 1.54) is 5.56 Å². The minimum atomic E-state index is -0.276. The molecule has 1 rings (SSSR count). The van der Waals surface area contributed by atoms with Gasteiger partial charge in [-0.1, -0.05) is 44.2 Å². The molecule has 1 N–H and O–H groups in total. The maximum Gasteiger partial charge on any atom is 0.0583 e. The maximum atomic E-state index is 9.64. The van der Waals surface area contributed by atoms with E-state index < -0.39 is 0 Å². The molecule has 2 atom stereocenters. The Kier molecular flexibility index (Phi) is 3.49.